The fourth-order valence-electron chi connectivity index (χ4n) is 1.80. The molecule has 0 bridgehead atoms. The summed E-state index contributed by atoms with van der Waals surface area (Å²) < 4.78 is 40.6. The Kier molecular flexibility index (Phi) is 4.55. The van der Waals surface area contributed by atoms with Crippen LogP contribution < -0.4 is 10.0 Å². The third kappa shape index (κ3) is 3.29. The number of nitrogens with zero attached hydrogens (tertiary/aromatic N) is 1. The van der Waals surface area contributed by atoms with Crippen molar-refractivity contribution >= 4 is 33.2 Å². The fraction of sp³-hybridized carbons (Fsp3) is 0.154. The lowest BCUT2D eigenvalue weighted by Crippen LogP contribution is -2.18. The Bertz CT molecular complexity index is 833. The van der Waals surface area contributed by atoms with Gasteiger partial charge in [-0.25, -0.2) is 17.5 Å². The van der Waals surface area contributed by atoms with Gasteiger partial charge >= 0.3 is 0 Å². The van der Waals surface area contributed by atoms with Gasteiger partial charge in [-0.05, 0) is 31.3 Å². The standard InChI is InChI=1S/C13H13ClFN3O3S/c1-16-22(20,21)9-6-12(18(2)7-9)13(19)17-11-4-3-8(14)5-10(11)15/h3-7,16H,1-2H3,(H,17,19). The van der Waals surface area contributed by atoms with Crippen LogP contribution in [-0.2, 0) is 17.1 Å². The van der Waals surface area contributed by atoms with Crippen molar-refractivity contribution in [2.75, 3.05) is 12.4 Å². The van der Waals surface area contributed by atoms with E-state index >= 15 is 0 Å². The molecule has 2 rings (SSSR count). The van der Waals surface area contributed by atoms with E-state index in [1.54, 1.807) is 0 Å². The zero-order chi connectivity index (χ0) is 16.5. The molecule has 9 heteroatoms. The molecule has 22 heavy (non-hydrogen) atoms. The Labute approximate surface area is 131 Å². The number of carbonyl (C=O) groups excluding carboxylic acids is 1. The summed E-state index contributed by atoms with van der Waals surface area (Å²) in [7, 11) is -0.878. The van der Waals surface area contributed by atoms with Crippen molar-refractivity contribution in [2.45, 2.75) is 4.90 Å². The molecule has 1 aromatic carbocycles. The Morgan fingerprint density at radius 1 is 1.32 bits per heavy atom. The van der Waals surface area contributed by atoms with Crippen molar-refractivity contribution in [1.29, 1.82) is 0 Å². The average molecular weight is 346 g/mol. The van der Waals surface area contributed by atoms with Crippen LogP contribution in [0.2, 0.25) is 5.02 Å². The first kappa shape index (κ1) is 16.5. The Hall–Kier alpha value is -1.90. The summed E-state index contributed by atoms with van der Waals surface area (Å²) in [4.78, 5) is 12.1. The second-order valence-electron chi connectivity index (χ2n) is 4.46. The van der Waals surface area contributed by atoms with E-state index in [1.165, 1.54) is 43.1 Å². The molecule has 6 nitrogen and oxygen atoms in total. The number of aryl methyl sites for hydroxylation is 1. The van der Waals surface area contributed by atoms with E-state index in [2.05, 4.69) is 10.0 Å². The lowest BCUT2D eigenvalue weighted by molar-refractivity contribution is 0.101. The lowest BCUT2D eigenvalue weighted by Gasteiger charge is -2.07. The number of hydrogen-bond acceptors (Lipinski definition) is 3. The molecule has 0 aliphatic rings. The first-order valence-corrected chi connectivity index (χ1v) is 7.97. The van der Waals surface area contributed by atoms with E-state index < -0.39 is 21.7 Å². The molecule has 0 aliphatic heterocycles. The van der Waals surface area contributed by atoms with Gasteiger partial charge in [0, 0.05) is 18.3 Å². The van der Waals surface area contributed by atoms with E-state index in [1.807, 2.05) is 0 Å². The molecule has 0 unspecified atom stereocenters. The monoisotopic (exact) mass is 345 g/mol. The highest BCUT2D eigenvalue weighted by Gasteiger charge is 2.19. The molecular weight excluding hydrogens is 333 g/mol. The molecule has 0 atom stereocenters. The highest BCUT2D eigenvalue weighted by Crippen LogP contribution is 2.20. The number of halogens is 2. The van der Waals surface area contributed by atoms with Gasteiger partial charge in [0.2, 0.25) is 10.0 Å². The summed E-state index contributed by atoms with van der Waals surface area (Å²) in [5.74, 6) is -1.32. The van der Waals surface area contributed by atoms with E-state index in [0.29, 0.717) is 0 Å². The smallest absolute Gasteiger partial charge is 0.272 e. The summed E-state index contributed by atoms with van der Waals surface area (Å²) in [5.41, 5.74) is 0.0248. The van der Waals surface area contributed by atoms with Crippen molar-refractivity contribution in [3.05, 3.63) is 47.0 Å². The van der Waals surface area contributed by atoms with Crippen LogP contribution in [0, 0.1) is 5.82 Å². The van der Waals surface area contributed by atoms with Gasteiger partial charge in [0.25, 0.3) is 5.91 Å². The molecule has 0 fully saturated rings. The van der Waals surface area contributed by atoms with Crippen molar-refractivity contribution in [3.8, 4) is 0 Å². The van der Waals surface area contributed by atoms with Crippen LogP contribution in [0.3, 0.4) is 0 Å². The fourth-order valence-corrected chi connectivity index (χ4v) is 2.76. The van der Waals surface area contributed by atoms with Crippen LogP contribution in [0.4, 0.5) is 10.1 Å². The maximum Gasteiger partial charge on any atom is 0.272 e. The predicted molar refractivity (Wildman–Crippen MR) is 81.0 cm³/mol. The van der Waals surface area contributed by atoms with Gasteiger partial charge in [-0.2, -0.15) is 0 Å². The van der Waals surface area contributed by atoms with Crippen molar-refractivity contribution in [3.63, 3.8) is 0 Å². The zero-order valence-corrected chi connectivity index (χ0v) is 13.3. The van der Waals surface area contributed by atoms with Crippen LogP contribution >= 0.6 is 11.6 Å². The number of hydrogen-bond donors (Lipinski definition) is 2. The molecule has 0 spiro atoms. The number of benzene rings is 1. The van der Waals surface area contributed by atoms with Gasteiger partial charge in [0.05, 0.1) is 5.69 Å². The lowest BCUT2D eigenvalue weighted by atomic mass is 10.3. The quantitative estimate of drug-likeness (QED) is 0.889. The van der Waals surface area contributed by atoms with Gasteiger partial charge in [0.1, 0.15) is 16.4 Å². The van der Waals surface area contributed by atoms with Crippen molar-refractivity contribution in [2.24, 2.45) is 7.05 Å². The molecule has 0 aliphatic carbocycles. The van der Waals surface area contributed by atoms with Crippen LogP contribution in [0.5, 0.6) is 0 Å². The number of anilines is 1. The number of rotatable bonds is 4. The van der Waals surface area contributed by atoms with Gasteiger partial charge in [0.15, 0.2) is 0 Å². The summed E-state index contributed by atoms with van der Waals surface area (Å²) >= 11 is 5.63. The molecule has 2 aromatic rings. The first-order chi connectivity index (χ1) is 10.2. The third-order valence-corrected chi connectivity index (χ3v) is 4.59. The van der Waals surface area contributed by atoms with Gasteiger partial charge in [-0.1, -0.05) is 11.6 Å². The molecule has 1 heterocycles. The first-order valence-electron chi connectivity index (χ1n) is 6.11. The average Bonchev–Trinajstić information content (AvgIpc) is 2.85. The van der Waals surface area contributed by atoms with Gasteiger partial charge < -0.3 is 9.88 Å². The minimum absolute atomic E-state index is 0.0476. The van der Waals surface area contributed by atoms with E-state index in [9.17, 15) is 17.6 Å². The SMILES string of the molecule is CNS(=O)(=O)c1cc(C(=O)Nc2ccc(Cl)cc2F)n(C)c1. The minimum Gasteiger partial charge on any atom is -0.345 e. The second-order valence-corrected chi connectivity index (χ2v) is 6.78. The van der Waals surface area contributed by atoms with Crippen LogP contribution in [0.25, 0.3) is 0 Å². The minimum atomic E-state index is -3.66. The Balaban J connectivity index is 2.31. The highest BCUT2D eigenvalue weighted by molar-refractivity contribution is 7.89. The zero-order valence-electron chi connectivity index (χ0n) is 11.7. The number of amides is 1. The molecule has 0 saturated heterocycles. The molecule has 0 radical (unpaired) electrons. The van der Waals surface area contributed by atoms with Crippen molar-refractivity contribution in [1.82, 2.24) is 9.29 Å². The molecular formula is C13H13ClFN3O3S. The Morgan fingerprint density at radius 3 is 2.59 bits per heavy atom. The maximum absolute atomic E-state index is 13.7. The predicted octanol–water partition coefficient (Wildman–Crippen LogP) is 1.98. The number of sulfonamides is 1. The third-order valence-electron chi connectivity index (χ3n) is 2.97. The molecule has 1 aromatic heterocycles. The van der Waals surface area contributed by atoms with Crippen LogP contribution in [-0.4, -0.2) is 25.9 Å². The number of nitrogens with one attached hydrogen (secondary N) is 2. The maximum atomic E-state index is 13.7. The van der Waals surface area contributed by atoms with E-state index in [0.717, 1.165) is 6.07 Å². The highest BCUT2D eigenvalue weighted by atomic mass is 35.5. The summed E-state index contributed by atoms with van der Waals surface area (Å²) in [6.45, 7) is 0. The second kappa shape index (κ2) is 6.07. The van der Waals surface area contributed by atoms with E-state index in [4.69, 9.17) is 11.6 Å². The summed E-state index contributed by atoms with van der Waals surface area (Å²) in [5, 5.41) is 2.57. The number of carbonyl (C=O) groups is 1. The molecule has 1 amide bonds. The van der Waals surface area contributed by atoms with Crippen LogP contribution in [0.1, 0.15) is 10.5 Å². The normalized spacial score (nSPS) is 11.5. The largest absolute Gasteiger partial charge is 0.345 e. The van der Waals surface area contributed by atoms with Crippen molar-refractivity contribution < 1.29 is 17.6 Å². The summed E-state index contributed by atoms with van der Waals surface area (Å²) in [6, 6.07) is 5.03. The molecule has 0 saturated carbocycles. The topological polar surface area (TPSA) is 80.2 Å². The van der Waals surface area contributed by atoms with Gasteiger partial charge in [-0.15, -0.1) is 0 Å². The summed E-state index contributed by atoms with van der Waals surface area (Å²) in [6.07, 6.45) is 1.29. The molecule has 2 N–H and O–H groups in total. The Morgan fingerprint density at radius 2 is 2.00 bits per heavy atom. The number of aromatic nitrogens is 1. The van der Waals surface area contributed by atoms with Gasteiger partial charge in [-0.3, -0.25) is 4.79 Å². The van der Waals surface area contributed by atoms with Crippen LogP contribution in [0.15, 0.2) is 35.4 Å². The van der Waals surface area contributed by atoms with E-state index in [-0.39, 0.29) is 21.3 Å². The molecule has 118 valence electrons.